The molecule has 3 rings (SSSR count). The summed E-state index contributed by atoms with van der Waals surface area (Å²) >= 11 is 0. The number of hydrogen-bond donors (Lipinski definition) is 1. The normalized spacial score (nSPS) is 25.3. The first-order valence-electron chi connectivity index (χ1n) is 6.85. The molecule has 3 nitrogen and oxygen atoms in total. The molecule has 1 atom stereocenters. The minimum Gasteiger partial charge on any atom is -0.497 e. The summed E-state index contributed by atoms with van der Waals surface area (Å²) in [5, 5.41) is 0. The van der Waals surface area contributed by atoms with Crippen molar-refractivity contribution in [2.45, 2.75) is 50.2 Å². The van der Waals surface area contributed by atoms with Gasteiger partial charge in [-0.3, -0.25) is 0 Å². The van der Waals surface area contributed by atoms with Crippen LogP contribution in [0.4, 0.5) is 0 Å². The van der Waals surface area contributed by atoms with Gasteiger partial charge in [-0.05, 0) is 31.7 Å². The van der Waals surface area contributed by atoms with Crippen LogP contribution in [0.15, 0.2) is 18.2 Å². The fraction of sp³-hybridized carbons (Fsp3) is 0.600. The van der Waals surface area contributed by atoms with Crippen LogP contribution < -0.4 is 15.2 Å². The van der Waals surface area contributed by atoms with Crippen molar-refractivity contribution < 1.29 is 9.47 Å². The molecule has 0 radical (unpaired) electrons. The number of methoxy groups -OCH3 is 1. The summed E-state index contributed by atoms with van der Waals surface area (Å²) in [6.45, 7) is 0. The van der Waals surface area contributed by atoms with Gasteiger partial charge in [0.2, 0.25) is 0 Å². The monoisotopic (exact) mass is 247 g/mol. The molecular formula is C15H21NO2. The summed E-state index contributed by atoms with van der Waals surface area (Å²) in [5.41, 5.74) is 7.42. The molecule has 1 saturated carbocycles. The molecule has 0 unspecified atom stereocenters. The maximum Gasteiger partial charge on any atom is 0.128 e. The summed E-state index contributed by atoms with van der Waals surface area (Å²) in [6, 6.07) is 6.07. The first kappa shape index (κ1) is 11.8. The number of rotatable bonds is 1. The molecule has 18 heavy (non-hydrogen) atoms. The van der Waals surface area contributed by atoms with Crippen molar-refractivity contribution >= 4 is 0 Å². The van der Waals surface area contributed by atoms with Gasteiger partial charge >= 0.3 is 0 Å². The Bertz CT molecular complexity index is 438. The van der Waals surface area contributed by atoms with Gasteiger partial charge in [-0.2, -0.15) is 0 Å². The molecular weight excluding hydrogens is 226 g/mol. The fourth-order valence-electron chi connectivity index (χ4n) is 3.32. The maximum absolute atomic E-state index is 6.32. The molecule has 2 aliphatic rings. The van der Waals surface area contributed by atoms with Crippen molar-refractivity contribution in [3.63, 3.8) is 0 Å². The van der Waals surface area contributed by atoms with Crippen LogP contribution in [0.3, 0.4) is 0 Å². The molecule has 1 aromatic carbocycles. The van der Waals surface area contributed by atoms with E-state index in [0.29, 0.717) is 0 Å². The van der Waals surface area contributed by atoms with E-state index < -0.39 is 0 Å². The van der Waals surface area contributed by atoms with Crippen LogP contribution in [-0.2, 0) is 0 Å². The molecule has 1 aliphatic carbocycles. The Balaban J connectivity index is 1.94. The van der Waals surface area contributed by atoms with Crippen LogP contribution in [-0.4, -0.2) is 12.7 Å². The quantitative estimate of drug-likeness (QED) is 0.829. The van der Waals surface area contributed by atoms with Gasteiger partial charge in [-0.25, -0.2) is 0 Å². The first-order chi connectivity index (χ1) is 8.72. The summed E-state index contributed by atoms with van der Waals surface area (Å²) in [7, 11) is 1.68. The van der Waals surface area contributed by atoms with Crippen LogP contribution >= 0.6 is 0 Å². The lowest BCUT2D eigenvalue weighted by Crippen LogP contribution is -2.44. The SMILES string of the molecule is COc1ccc2c(c1)OC1(CCCCC1)C[C@H]2N. The van der Waals surface area contributed by atoms with Crippen LogP contribution in [0.1, 0.15) is 50.1 Å². The van der Waals surface area contributed by atoms with Crippen molar-refractivity contribution in [3.8, 4) is 11.5 Å². The predicted octanol–water partition coefficient (Wildman–Crippen LogP) is 3.18. The van der Waals surface area contributed by atoms with Crippen molar-refractivity contribution in [2.24, 2.45) is 5.73 Å². The Morgan fingerprint density at radius 1 is 1.28 bits per heavy atom. The van der Waals surface area contributed by atoms with Crippen molar-refractivity contribution in [3.05, 3.63) is 23.8 Å². The van der Waals surface area contributed by atoms with E-state index in [2.05, 4.69) is 0 Å². The first-order valence-corrected chi connectivity index (χ1v) is 6.85. The molecule has 0 aromatic heterocycles. The van der Waals surface area contributed by atoms with Gasteiger partial charge in [-0.1, -0.05) is 12.5 Å². The Hall–Kier alpha value is -1.22. The Morgan fingerprint density at radius 3 is 2.78 bits per heavy atom. The third-order valence-electron chi connectivity index (χ3n) is 4.30. The Kier molecular flexibility index (Phi) is 2.94. The number of benzene rings is 1. The minimum absolute atomic E-state index is 0.0168. The number of hydrogen-bond acceptors (Lipinski definition) is 3. The molecule has 1 heterocycles. The van der Waals surface area contributed by atoms with E-state index in [0.717, 1.165) is 36.3 Å². The summed E-state index contributed by atoms with van der Waals surface area (Å²) in [6.07, 6.45) is 7.06. The highest BCUT2D eigenvalue weighted by Gasteiger charge is 2.40. The molecule has 3 heteroatoms. The molecule has 1 aliphatic heterocycles. The lowest BCUT2D eigenvalue weighted by Gasteiger charge is -2.43. The van der Waals surface area contributed by atoms with Gasteiger partial charge in [0.1, 0.15) is 17.1 Å². The standard InChI is InChI=1S/C15H21NO2/c1-17-11-5-6-12-13(16)10-15(18-14(12)9-11)7-3-2-4-8-15/h5-6,9,13H,2-4,7-8,10,16H2,1H3/t13-/m1/s1. The smallest absolute Gasteiger partial charge is 0.128 e. The summed E-state index contributed by atoms with van der Waals surface area (Å²) in [5.74, 6) is 1.77. The van der Waals surface area contributed by atoms with Crippen LogP contribution in [0.5, 0.6) is 11.5 Å². The third kappa shape index (κ3) is 1.97. The fourth-order valence-corrected chi connectivity index (χ4v) is 3.32. The lowest BCUT2D eigenvalue weighted by atomic mass is 9.77. The topological polar surface area (TPSA) is 44.5 Å². The predicted molar refractivity (Wildman–Crippen MR) is 71.0 cm³/mol. The molecule has 0 saturated heterocycles. The zero-order valence-corrected chi connectivity index (χ0v) is 10.9. The van der Waals surface area contributed by atoms with Crippen LogP contribution in [0.2, 0.25) is 0 Å². The Morgan fingerprint density at radius 2 is 2.06 bits per heavy atom. The highest BCUT2D eigenvalue weighted by molar-refractivity contribution is 5.44. The lowest BCUT2D eigenvalue weighted by molar-refractivity contribution is 0.00177. The van der Waals surface area contributed by atoms with Crippen molar-refractivity contribution in [2.75, 3.05) is 7.11 Å². The van der Waals surface area contributed by atoms with E-state index >= 15 is 0 Å². The van der Waals surface area contributed by atoms with Gasteiger partial charge < -0.3 is 15.2 Å². The van der Waals surface area contributed by atoms with Crippen molar-refractivity contribution in [1.29, 1.82) is 0 Å². The third-order valence-corrected chi connectivity index (χ3v) is 4.30. The van der Waals surface area contributed by atoms with Gasteiger partial charge in [0.15, 0.2) is 0 Å². The molecule has 0 amide bonds. The second-order valence-corrected chi connectivity index (χ2v) is 5.56. The minimum atomic E-state index is -0.0168. The van der Waals surface area contributed by atoms with E-state index in [-0.39, 0.29) is 11.6 Å². The van der Waals surface area contributed by atoms with Gasteiger partial charge in [0, 0.05) is 24.1 Å². The molecule has 1 aromatic rings. The van der Waals surface area contributed by atoms with E-state index in [4.69, 9.17) is 15.2 Å². The van der Waals surface area contributed by atoms with Gasteiger partial charge in [-0.15, -0.1) is 0 Å². The molecule has 98 valence electrons. The average molecular weight is 247 g/mol. The van der Waals surface area contributed by atoms with E-state index in [1.54, 1.807) is 7.11 Å². The maximum atomic E-state index is 6.32. The van der Waals surface area contributed by atoms with E-state index in [9.17, 15) is 0 Å². The highest BCUT2D eigenvalue weighted by Crippen LogP contribution is 2.46. The Labute approximate surface area is 108 Å². The molecule has 1 fully saturated rings. The second-order valence-electron chi connectivity index (χ2n) is 5.56. The highest BCUT2D eigenvalue weighted by atomic mass is 16.5. The van der Waals surface area contributed by atoms with E-state index in [1.807, 2.05) is 18.2 Å². The van der Waals surface area contributed by atoms with Gasteiger partial charge in [0.25, 0.3) is 0 Å². The zero-order chi connectivity index (χ0) is 12.6. The van der Waals surface area contributed by atoms with Crippen LogP contribution in [0.25, 0.3) is 0 Å². The summed E-state index contributed by atoms with van der Waals surface area (Å²) in [4.78, 5) is 0. The van der Waals surface area contributed by atoms with Crippen molar-refractivity contribution in [1.82, 2.24) is 0 Å². The number of fused-ring (bicyclic) bond motifs is 1. The summed E-state index contributed by atoms with van der Waals surface area (Å²) < 4.78 is 11.6. The van der Waals surface area contributed by atoms with Crippen LogP contribution in [0, 0.1) is 0 Å². The zero-order valence-electron chi connectivity index (χ0n) is 10.9. The molecule has 0 bridgehead atoms. The second kappa shape index (κ2) is 4.47. The van der Waals surface area contributed by atoms with Gasteiger partial charge in [0.05, 0.1) is 7.11 Å². The largest absolute Gasteiger partial charge is 0.497 e. The van der Waals surface area contributed by atoms with E-state index in [1.165, 1.54) is 19.3 Å². The average Bonchev–Trinajstić information content (AvgIpc) is 2.38. The number of ether oxygens (including phenoxy) is 2. The molecule has 1 spiro atoms. The number of nitrogens with two attached hydrogens (primary N) is 1. The molecule has 2 N–H and O–H groups in total.